The monoisotopic (exact) mass is 425 g/mol. The first-order chi connectivity index (χ1) is 15.8. The maximum atomic E-state index is 12.9. The van der Waals surface area contributed by atoms with Gasteiger partial charge in [-0.25, -0.2) is 14.6 Å². The fraction of sp³-hybridized carbons (Fsp3) is 0.280. The van der Waals surface area contributed by atoms with E-state index in [4.69, 9.17) is 9.40 Å². The molecule has 2 aliphatic rings. The minimum Gasteiger partial charge on any atom is -0.467 e. The highest BCUT2D eigenvalue weighted by Gasteiger charge is 2.34. The molecule has 7 heteroatoms. The summed E-state index contributed by atoms with van der Waals surface area (Å²) >= 11 is 0. The Kier molecular flexibility index (Phi) is 4.60. The molecule has 0 aliphatic heterocycles. The van der Waals surface area contributed by atoms with Crippen LogP contribution in [0.3, 0.4) is 0 Å². The zero-order valence-corrected chi connectivity index (χ0v) is 17.6. The van der Waals surface area contributed by atoms with Gasteiger partial charge in [0.1, 0.15) is 5.76 Å². The number of fused-ring (bicyclic) bond motifs is 3. The molecule has 1 saturated carbocycles. The summed E-state index contributed by atoms with van der Waals surface area (Å²) in [4.78, 5) is 22.5. The predicted octanol–water partition coefficient (Wildman–Crippen LogP) is 4.22. The van der Waals surface area contributed by atoms with Crippen LogP contribution in [0, 0.1) is 0 Å². The fourth-order valence-corrected chi connectivity index (χ4v) is 4.47. The highest BCUT2D eigenvalue weighted by atomic mass is 16.3. The first kappa shape index (κ1) is 19.0. The van der Waals surface area contributed by atoms with Crippen molar-refractivity contribution in [2.75, 3.05) is 0 Å². The number of rotatable bonds is 5. The van der Waals surface area contributed by atoms with Gasteiger partial charge < -0.3 is 9.73 Å². The standard InChI is InChI=1S/C25H23N5O2/c31-24(26-14-19-8-4-12-32-19)21-15-28-30(23(21)17-10-11-17)25-27-13-18-7-3-6-16-5-1-2-9-20(16)22(18)29-25/h1-2,4-5,8-9,12-13,15,17H,3,6-7,10-11,14H2,(H,26,31). The number of benzene rings is 1. The minimum atomic E-state index is -0.158. The van der Waals surface area contributed by atoms with E-state index in [1.54, 1.807) is 17.1 Å². The number of carbonyl (C=O) groups excluding carboxylic acids is 1. The molecule has 3 heterocycles. The summed E-state index contributed by atoms with van der Waals surface area (Å²) in [7, 11) is 0. The Hall–Kier alpha value is -3.74. The third-order valence-corrected chi connectivity index (χ3v) is 6.22. The number of aryl methyl sites for hydroxylation is 2. The van der Waals surface area contributed by atoms with Crippen molar-refractivity contribution in [1.82, 2.24) is 25.1 Å². The van der Waals surface area contributed by atoms with Crippen molar-refractivity contribution in [3.05, 3.63) is 83.2 Å². The van der Waals surface area contributed by atoms with Gasteiger partial charge in [-0.3, -0.25) is 4.79 Å². The van der Waals surface area contributed by atoms with Crippen LogP contribution in [0.2, 0.25) is 0 Å². The molecule has 1 fully saturated rings. The van der Waals surface area contributed by atoms with Gasteiger partial charge in [-0.05, 0) is 55.4 Å². The lowest BCUT2D eigenvalue weighted by atomic mass is 10.0. The molecule has 1 amide bonds. The fourth-order valence-electron chi connectivity index (χ4n) is 4.47. The molecular formula is C25H23N5O2. The number of aromatic nitrogens is 4. The van der Waals surface area contributed by atoms with Crippen molar-refractivity contribution in [2.24, 2.45) is 0 Å². The molecular weight excluding hydrogens is 402 g/mol. The number of hydrogen-bond donors (Lipinski definition) is 1. The second-order valence-electron chi connectivity index (χ2n) is 8.45. The van der Waals surface area contributed by atoms with Crippen molar-refractivity contribution in [3.63, 3.8) is 0 Å². The first-order valence-corrected chi connectivity index (χ1v) is 11.1. The number of furan rings is 1. The number of nitrogens with zero attached hydrogens (tertiary/aromatic N) is 4. The molecule has 6 rings (SSSR count). The molecule has 32 heavy (non-hydrogen) atoms. The second kappa shape index (κ2) is 7.75. The van der Waals surface area contributed by atoms with Crippen molar-refractivity contribution < 1.29 is 9.21 Å². The summed E-state index contributed by atoms with van der Waals surface area (Å²) in [5.41, 5.74) is 6.10. The van der Waals surface area contributed by atoms with E-state index < -0.39 is 0 Å². The van der Waals surface area contributed by atoms with Gasteiger partial charge in [0.2, 0.25) is 0 Å². The number of hydrogen-bond acceptors (Lipinski definition) is 5. The van der Waals surface area contributed by atoms with Gasteiger partial charge in [0.05, 0.1) is 36.0 Å². The third-order valence-electron chi connectivity index (χ3n) is 6.22. The normalized spacial score (nSPS) is 15.0. The van der Waals surface area contributed by atoms with E-state index in [2.05, 4.69) is 39.7 Å². The van der Waals surface area contributed by atoms with Crippen LogP contribution in [0.25, 0.3) is 17.2 Å². The average molecular weight is 425 g/mol. The number of carbonyl (C=O) groups is 1. The highest BCUT2D eigenvalue weighted by molar-refractivity contribution is 5.95. The van der Waals surface area contributed by atoms with Gasteiger partial charge in [0.15, 0.2) is 0 Å². The maximum Gasteiger partial charge on any atom is 0.255 e. The van der Waals surface area contributed by atoms with E-state index in [-0.39, 0.29) is 5.91 Å². The molecule has 0 saturated heterocycles. The molecule has 0 spiro atoms. The molecule has 0 unspecified atom stereocenters. The number of nitrogens with one attached hydrogen (secondary N) is 1. The molecule has 0 atom stereocenters. The molecule has 3 aromatic heterocycles. The van der Waals surface area contributed by atoms with Gasteiger partial charge in [0, 0.05) is 17.7 Å². The molecule has 1 aromatic carbocycles. The zero-order chi connectivity index (χ0) is 21.5. The van der Waals surface area contributed by atoms with E-state index in [0.29, 0.717) is 29.7 Å². The molecule has 0 bridgehead atoms. The van der Waals surface area contributed by atoms with E-state index in [1.165, 1.54) is 11.1 Å². The Bertz CT molecular complexity index is 1290. The van der Waals surface area contributed by atoms with Gasteiger partial charge in [-0.2, -0.15) is 5.10 Å². The molecule has 160 valence electrons. The van der Waals surface area contributed by atoms with E-state index in [9.17, 15) is 4.79 Å². The van der Waals surface area contributed by atoms with Crippen LogP contribution in [0.15, 0.2) is 59.5 Å². The van der Waals surface area contributed by atoms with E-state index >= 15 is 0 Å². The molecule has 2 aliphatic carbocycles. The van der Waals surface area contributed by atoms with Crippen LogP contribution in [0.4, 0.5) is 0 Å². The van der Waals surface area contributed by atoms with Gasteiger partial charge in [-0.15, -0.1) is 0 Å². The van der Waals surface area contributed by atoms with Crippen LogP contribution in [0.5, 0.6) is 0 Å². The van der Waals surface area contributed by atoms with Crippen LogP contribution in [-0.4, -0.2) is 25.7 Å². The topological polar surface area (TPSA) is 85.8 Å². The van der Waals surface area contributed by atoms with Gasteiger partial charge in [-0.1, -0.05) is 24.3 Å². The van der Waals surface area contributed by atoms with Crippen LogP contribution in [0.1, 0.15) is 58.1 Å². The quantitative estimate of drug-likeness (QED) is 0.517. The Morgan fingerprint density at radius 1 is 1.09 bits per heavy atom. The summed E-state index contributed by atoms with van der Waals surface area (Å²) in [5.74, 6) is 1.38. The zero-order valence-electron chi connectivity index (χ0n) is 17.6. The molecule has 0 radical (unpaired) electrons. The summed E-state index contributed by atoms with van der Waals surface area (Å²) in [6.07, 6.45) is 10.3. The van der Waals surface area contributed by atoms with E-state index in [1.807, 2.05) is 18.3 Å². The Morgan fingerprint density at radius 2 is 1.97 bits per heavy atom. The van der Waals surface area contributed by atoms with Crippen LogP contribution in [-0.2, 0) is 19.4 Å². The lowest BCUT2D eigenvalue weighted by molar-refractivity contribution is 0.0947. The largest absolute Gasteiger partial charge is 0.467 e. The summed E-state index contributed by atoms with van der Waals surface area (Å²) in [6.45, 7) is 0.341. The van der Waals surface area contributed by atoms with Crippen molar-refractivity contribution in [1.29, 1.82) is 0 Å². The van der Waals surface area contributed by atoms with Crippen LogP contribution < -0.4 is 5.32 Å². The predicted molar refractivity (Wildman–Crippen MR) is 118 cm³/mol. The van der Waals surface area contributed by atoms with Gasteiger partial charge >= 0.3 is 0 Å². The summed E-state index contributed by atoms with van der Waals surface area (Å²) < 4.78 is 7.08. The van der Waals surface area contributed by atoms with Crippen LogP contribution >= 0.6 is 0 Å². The lowest BCUT2D eigenvalue weighted by Crippen LogP contribution is -2.23. The van der Waals surface area contributed by atoms with Crippen molar-refractivity contribution in [3.8, 4) is 17.2 Å². The Balaban J connectivity index is 1.37. The molecule has 1 N–H and O–H groups in total. The first-order valence-electron chi connectivity index (χ1n) is 11.1. The smallest absolute Gasteiger partial charge is 0.255 e. The Morgan fingerprint density at radius 3 is 2.81 bits per heavy atom. The average Bonchev–Trinajstić information content (AvgIpc) is 3.39. The minimum absolute atomic E-state index is 0.158. The summed E-state index contributed by atoms with van der Waals surface area (Å²) in [5, 5.41) is 7.48. The van der Waals surface area contributed by atoms with E-state index in [0.717, 1.165) is 49.1 Å². The SMILES string of the molecule is O=C(NCc1ccco1)c1cnn(-c2ncc3c(n2)-c2ccccc2CCC3)c1C1CC1. The van der Waals surface area contributed by atoms with Gasteiger partial charge in [0.25, 0.3) is 11.9 Å². The van der Waals surface area contributed by atoms with Crippen molar-refractivity contribution >= 4 is 5.91 Å². The van der Waals surface area contributed by atoms with Crippen molar-refractivity contribution in [2.45, 2.75) is 44.6 Å². The highest BCUT2D eigenvalue weighted by Crippen LogP contribution is 2.42. The second-order valence-corrected chi connectivity index (χ2v) is 8.45. The third kappa shape index (κ3) is 3.39. The lowest BCUT2D eigenvalue weighted by Gasteiger charge is -2.12. The molecule has 4 aromatic rings. The summed E-state index contributed by atoms with van der Waals surface area (Å²) in [6, 6.07) is 12.1. The number of amides is 1. The maximum absolute atomic E-state index is 12.9. The Labute approximate surface area is 185 Å². The molecule has 7 nitrogen and oxygen atoms in total.